The smallest absolute Gasteiger partial charge is 0.246 e. The van der Waals surface area contributed by atoms with E-state index in [2.05, 4.69) is 36.6 Å². The van der Waals surface area contributed by atoms with Crippen molar-refractivity contribution < 1.29 is 4.79 Å². The van der Waals surface area contributed by atoms with E-state index in [1.807, 2.05) is 73.7 Å². The number of rotatable bonds is 6. The van der Waals surface area contributed by atoms with Gasteiger partial charge in [0.1, 0.15) is 6.04 Å². The fraction of sp³-hybridized carbons (Fsp3) is 0.208. The molecular weight excluding hydrogens is 332 g/mol. The van der Waals surface area contributed by atoms with Crippen molar-refractivity contribution in [3.8, 4) is 11.1 Å². The molecule has 3 rings (SSSR count). The molecule has 0 radical (unpaired) electrons. The van der Waals surface area contributed by atoms with Crippen molar-refractivity contribution in [3.05, 3.63) is 84.4 Å². The minimum absolute atomic E-state index is 0.0636. The Balaban J connectivity index is 1.70. The van der Waals surface area contributed by atoms with Crippen LogP contribution in [0.5, 0.6) is 0 Å². The molecule has 1 atom stereocenters. The number of nitrogens with one attached hydrogen (secondary N) is 2. The van der Waals surface area contributed by atoms with Crippen LogP contribution in [-0.2, 0) is 4.79 Å². The van der Waals surface area contributed by atoms with Crippen molar-refractivity contribution in [3.63, 3.8) is 0 Å². The SMILES string of the molecule is CC(C)c1ccc(N[C@@H](C)C(=O)Nc2ccccc2-c2ccccc2)cc1. The minimum Gasteiger partial charge on any atom is -0.374 e. The standard InChI is InChI=1S/C24H26N2O/c1-17(2)19-13-15-21(16-14-19)25-18(3)24(27)26-23-12-8-7-11-22(23)20-9-5-4-6-10-20/h4-18,25H,1-3H3,(H,26,27)/t18-/m0/s1. The normalized spacial score (nSPS) is 11.9. The monoisotopic (exact) mass is 358 g/mol. The molecular formula is C24H26N2O. The molecule has 1 amide bonds. The number of hydrogen-bond donors (Lipinski definition) is 2. The summed E-state index contributed by atoms with van der Waals surface area (Å²) in [5.74, 6) is 0.431. The highest BCUT2D eigenvalue weighted by Gasteiger charge is 2.15. The van der Waals surface area contributed by atoms with Crippen LogP contribution in [0.25, 0.3) is 11.1 Å². The lowest BCUT2D eigenvalue weighted by atomic mass is 10.0. The third-order valence-electron chi connectivity index (χ3n) is 4.62. The van der Waals surface area contributed by atoms with Crippen molar-refractivity contribution in [2.75, 3.05) is 10.6 Å². The number of hydrogen-bond acceptors (Lipinski definition) is 2. The third kappa shape index (κ3) is 4.76. The molecule has 0 aromatic heterocycles. The van der Waals surface area contributed by atoms with E-state index in [0.717, 1.165) is 22.5 Å². The van der Waals surface area contributed by atoms with Crippen LogP contribution in [0.4, 0.5) is 11.4 Å². The van der Waals surface area contributed by atoms with Crippen LogP contribution in [0.1, 0.15) is 32.3 Å². The Morgan fingerprint density at radius 3 is 2.07 bits per heavy atom. The Labute approximate surface area is 161 Å². The molecule has 2 N–H and O–H groups in total. The predicted molar refractivity (Wildman–Crippen MR) is 114 cm³/mol. The fourth-order valence-electron chi connectivity index (χ4n) is 2.98. The van der Waals surface area contributed by atoms with Gasteiger partial charge in [0.25, 0.3) is 0 Å². The molecule has 0 fully saturated rings. The van der Waals surface area contributed by atoms with E-state index in [0.29, 0.717) is 5.92 Å². The second-order valence-electron chi connectivity index (χ2n) is 7.04. The lowest BCUT2D eigenvalue weighted by molar-refractivity contribution is -0.116. The first-order valence-electron chi connectivity index (χ1n) is 9.36. The van der Waals surface area contributed by atoms with E-state index in [1.165, 1.54) is 5.56 Å². The van der Waals surface area contributed by atoms with Gasteiger partial charge in [-0.3, -0.25) is 4.79 Å². The maximum Gasteiger partial charge on any atom is 0.246 e. The van der Waals surface area contributed by atoms with Gasteiger partial charge in [-0.05, 0) is 42.2 Å². The maximum atomic E-state index is 12.7. The van der Waals surface area contributed by atoms with Crippen molar-refractivity contribution in [1.29, 1.82) is 0 Å². The van der Waals surface area contributed by atoms with Gasteiger partial charge in [0.15, 0.2) is 0 Å². The summed E-state index contributed by atoms with van der Waals surface area (Å²) in [6, 6.07) is 25.8. The molecule has 0 aliphatic rings. The largest absolute Gasteiger partial charge is 0.374 e. The zero-order chi connectivity index (χ0) is 19.2. The molecule has 0 saturated carbocycles. The van der Waals surface area contributed by atoms with E-state index in [-0.39, 0.29) is 11.9 Å². The third-order valence-corrected chi connectivity index (χ3v) is 4.62. The van der Waals surface area contributed by atoms with Gasteiger partial charge >= 0.3 is 0 Å². The van der Waals surface area contributed by atoms with Crippen LogP contribution in [0.15, 0.2) is 78.9 Å². The Morgan fingerprint density at radius 2 is 1.41 bits per heavy atom. The molecule has 0 heterocycles. The van der Waals surface area contributed by atoms with Gasteiger partial charge in [-0.25, -0.2) is 0 Å². The van der Waals surface area contributed by atoms with Crippen molar-refractivity contribution in [2.45, 2.75) is 32.7 Å². The first-order valence-corrected chi connectivity index (χ1v) is 9.36. The number of carbonyl (C=O) groups excluding carboxylic acids is 1. The van der Waals surface area contributed by atoms with E-state index in [9.17, 15) is 4.79 Å². The number of benzene rings is 3. The highest BCUT2D eigenvalue weighted by atomic mass is 16.2. The van der Waals surface area contributed by atoms with Crippen LogP contribution in [0.3, 0.4) is 0 Å². The Kier molecular flexibility index (Phi) is 5.92. The average molecular weight is 358 g/mol. The molecule has 27 heavy (non-hydrogen) atoms. The van der Waals surface area contributed by atoms with Crippen LogP contribution in [0.2, 0.25) is 0 Å². The van der Waals surface area contributed by atoms with Gasteiger partial charge in [-0.1, -0.05) is 74.5 Å². The molecule has 0 aliphatic carbocycles. The highest BCUT2D eigenvalue weighted by Crippen LogP contribution is 2.27. The summed E-state index contributed by atoms with van der Waals surface area (Å²) >= 11 is 0. The van der Waals surface area contributed by atoms with E-state index in [1.54, 1.807) is 0 Å². The Hall–Kier alpha value is -3.07. The van der Waals surface area contributed by atoms with Gasteiger partial charge in [-0.15, -0.1) is 0 Å². The van der Waals surface area contributed by atoms with Crippen LogP contribution in [-0.4, -0.2) is 11.9 Å². The summed E-state index contributed by atoms with van der Waals surface area (Å²) in [4.78, 5) is 12.7. The molecule has 3 heteroatoms. The molecule has 0 bridgehead atoms. The van der Waals surface area contributed by atoms with Gasteiger partial charge in [0, 0.05) is 16.9 Å². The number of carbonyl (C=O) groups is 1. The maximum absolute atomic E-state index is 12.7. The molecule has 0 saturated heterocycles. The molecule has 3 aromatic carbocycles. The lowest BCUT2D eigenvalue weighted by Crippen LogP contribution is -2.32. The summed E-state index contributed by atoms with van der Waals surface area (Å²) in [5, 5.41) is 6.33. The molecule has 0 aliphatic heterocycles. The van der Waals surface area contributed by atoms with Crippen molar-refractivity contribution in [2.24, 2.45) is 0 Å². The Morgan fingerprint density at radius 1 is 0.778 bits per heavy atom. The van der Waals surface area contributed by atoms with E-state index in [4.69, 9.17) is 0 Å². The zero-order valence-electron chi connectivity index (χ0n) is 16.1. The van der Waals surface area contributed by atoms with Gasteiger partial charge in [-0.2, -0.15) is 0 Å². The molecule has 3 nitrogen and oxygen atoms in total. The second-order valence-corrected chi connectivity index (χ2v) is 7.04. The lowest BCUT2D eigenvalue weighted by Gasteiger charge is -2.17. The summed E-state index contributed by atoms with van der Waals surface area (Å²) in [5.41, 5.74) is 5.14. The van der Waals surface area contributed by atoms with Crippen molar-refractivity contribution >= 4 is 17.3 Å². The van der Waals surface area contributed by atoms with E-state index < -0.39 is 0 Å². The van der Waals surface area contributed by atoms with Crippen LogP contribution >= 0.6 is 0 Å². The topological polar surface area (TPSA) is 41.1 Å². The van der Waals surface area contributed by atoms with Gasteiger partial charge in [0.05, 0.1) is 0 Å². The van der Waals surface area contributed by atoms with E-state index >= 15 is 0 Å². The molecule has 3 aromatic rings. The average Bonchev–Trinajstić information content (AvgIpc) is 2.69. The molecule has 0 spiro atoms. The summed E-state index contributed by atoms with van der Waals surface area (Å²) < 4.78 is 0. The minimum atomic E-state index is -0.348. The summed E-state index contributed by atoms with van der Waals surface area (Å²) in [6.07, 6.45) is 0. The van der Waals surface area contributed by atoms with Crippen LogP contribution in [0, 0.1) is 0 Å². The summed E-state index contributed by atoms with van der Waals surface area (Å²) in [6.45, 7) is 6.21. The fourth-order valence-corrected chi connectivity index (χ4v) is 2.98. The zero-order valence-corrected chi connectivity index (χ0v) is 16.1. The quantitative estimate of drug-likeness (QED) is 0.574. The highest BCUT2D eigenvalue weighted by molar-refractivity contribution is 5.99. The number of para-hydroxylation sites is 1. The number of anilines is 2. The summed E-state index contributed by atoms with van der Waals surface area (Å²) in [7, 11) is 0. The van der Waals surface area contributed by atoms with Gasteiger partial charge < -0.3 is 10.6 Å². The first kappa shape index (κ1) is 18.7. The number of amides is 1. The first-order chi connectivity index (χ1) is 13.0. The van der Waals surface area contributed by atoms with Gasteiger partial charge in [0.2, 0.25) is 5.91 Å². The second kappa shape index (κ2) is 8.54. The van der Waals surface area contributed by atoms with Crippen LogP contribution < -0.4 is 10.6 Å². The molecule has 0 unspecified atom stereocenters. The molecule has 138 valence electrons. The Bertz CT molecular complexity index is 886. The van der Waals surface area contributed by atoms with Crippen molar-refractivity contribution in [1.82, 2.24) is 0 Å². The predicted octanol–water partition coefficient (Wildman–Crippen LogP) is 5.92.